The largest absolute Gasteiger partial charge is 0.271 e. The molecule has 0 aliphatic rings. The van der Waals surface area contributed by atoms with E-state index in [1.165, 1.54) is 0 Å². The Bertz CT molecular complexity index is 786. The molecule has 0 saturated heterocycles. The van der Waals surface area contributed by atoms with Crippen LogP contribution in [-0.4, -0.2) is 4.98 Å². The lowest BCUT2D eigenvalue weighted by molar-refractivity contribution is 0.636. The first-order valence-electron chi connectivity index (χ1n) is 6.44. The van der Waals surface area contributed by atoms with E-state index in [1.54, 1.807) is 0 Å². The summed E-state index contributed by atoms with van der Waals surface area (Å²) in [6, 6.07) is 14.3. The molecule has 0 fully saturated rings. The number of hydrogen-bond acceptors (Lipinski definition) is 3. The summed E-state index contributed by atoms with van der Waals surface area (Å²) >= 11 is 5.86. The van der Waals surface area contributed by atoms with Crippen molar-refractivity contribution in [3.05, 3.63) is 74.0 Å². The minimum atomic E-state index is -0.104. The molecular weight excluding hydrogens is 441 g/mol. The van der Waals surface area contributed by atoms with Gasteiger partial charge in [0.15, 0.2) is 0 Å². The van der Waals surface area contributed by atoms with Gasteiger partial charge < -0.3 is 0 Å². The number of aromatic nitrogens is 1. The first-order chi connectivity index (χ1) is 10.2. The van der Waals surface area contributed by atoms with E-state index in [1.807, 2.05) is 30.6 Å². The molecule has 0 amide bonds. The molecule has 0 bridgehead atoms. The number of nitrogens with two attached hydrogens (primary N) is 1. The van der Waals surface area contributed by atoms with Crippen molar-refractivity contribution in [1.29, 1.82) is 0 Å². The number of hydrazine groups is 1. The zero-order valence-corrected chi connectivity index (χ0v) is 14.8. The molecule has 1 heterocycles. The number of benzene rings is 2. The lowest BCUT2D eigenvalue weighted by atomic mass is 9.96. The molecule has 0 aliphatic heterocycles. The van der Waals surface area contributed by atoms with Gasteiger partial charge in [-0.2, -0.15) is 0 Å². The van der Waals surface area contributed by atoms with Crippen molar-refractivity contribution in [2.75, 3.05) is 0 Å². The molecule has 3 nitrogen and oxygen atoms in total. The summed E-state index contributed by atoms with van der Waals surface area (Å²) < 4.78 is 2.19. The first kappa shape index (κ1) is 14.9. The number of pyridine rings is 1. The molecule has 3 aromatic rings. The predicted octanol–water partition coefficient (Wildman–Crippen LogP) is 4.15. The first-order valence-corrected chi connectivity index (χ1v) is 8.31. The van der Waals surface area contributed by atoms with Gasteiger partial charge in [0.1, 0.15) is 0 Å². The third kappa shape index (κ3) is 2.96. The number of rotatable bonds is 3. The number of fused-ring (bicyclic) bond motifs is 1. The molecule has 1 unspecified atom stereocenters. The normalized spacial score (nSPS) is 12.5. The third-order valence-corrected chi connectivity index (χ3v) is 4.92. The van der Waals surface area contributed by atoms with Crippen LogP contribution in [0.5, 0.6) is 0 Å². The van der Waals surface area contributed by atoms with Gasteiger partial charge in [-0.05, 0) is 51.7 Å². The van der Waals surface area contributed by atoms with Crippen LogP contribution in [0.25, 0.3) is 10.8 Å². The van der Waals surface area contributed by atoms with Crippen molar-refractivity contribution in [2.45, 2.75) is 6.04 Å². The SMILES string of the molecule is NNC(c1cc(Br)ccc1I)c1cncc2ccccc12. The van der Waals surface area contributed by atoms with E-state index in [2.05, 4.69) is 73.2 Å². The summed E-state index contributed by atoms with van der Waals surface area (Å²) in [5.41, 5.74) is 5.13. The topological polar surface area (TPSA) is 50.9 Å². The Kier molecular flexibility index (Phi) is 4.54. The van der Waals surface area contributed by atoms with Crippen LogP contribution in [0.2, 0.25) is 0 Å². The fourth-order valence-corrected chi connectivity index (χ4v) is 3.48. The lowest BCUT2D eigenvalue weighted by Crippen LogP contribution is -2.29. The number of hydrogen-bond donors (Lipinski definition) is 2. The molecule has 0 aliphatic carbocycles. The summed E-state index contributed by atoms with van der Waals surface area (Å²) in [5.74, 6) is 5.85. The Morgan fingerprint density at radius 2 is 1.90 bits per heavy atom. The highest BCUT2D eigenvalue weighted by atomic mass is 127. The minimum Gasteiger partial charge on any atom is -0.271 e. The summed E-state index contributed by atoms with van der Waals surface area (Å²) in [7, 11) is 0. The van der Waals surface area contributed by atoms with Gasteiger partial charge in [-0.15, -0.1) is 0 Å². The number of nitrogens with zero attached hydrogens (tertiary/aromatic N) is 1. The van der Waals surface area contributed by atoms with Crippen molar-refractivity contribution in [1.82, 2.24) is 10.4 Å². The van der Waals surface area contributed by atoms with Crippen molar-refractivity contribution >= 4 is 49.3 Å². The average molecular weight is 454 g/mol. The summed E-state index contributed by atoms with van der Waals surface area (Å²) in [4.78, 5) is 4.35. The Labute approximate surface area is 145 Å². The molecule has 0 radical (unpaired) electrons. The predicted molar refractivity (Wildman–Crippen MR) is 97.8 cm³/mol. The highest BCUT2D eigenvalue weighted by Crippen LogP contribution is 2.31. The molecule has 3 rings (SSSR count). The molecule has 21 heavy (non-hydrogen) atoms. The van der Waals surface area contributed by atoms with Crippen LogP contribution in [0.3, 0.4) is 0 Å². The highest BCUT2D eigenvalue weighted by Gasteiger charge is 2.18. The van der Waals surface area contributed by atoms with Gasteiger partial charge in [-0.3, -0.25) is 10.8 Å². The second-order valence-electron chi connectivity index (χ2n) is 4.72. The quantitative estimate of drug-likeness (QED) is 0.355. The van der Waals surface area contributed by atoms with Crippen LogP contribution < -0.4 is 11.3 Å². The van der Waals surface area contributed by atoms with Gasteiger partial charge >= 0.3 is 0 Å². The van der Waals surface area contributed by atoms with Gasteiger partial charge in [0.25, 0.3) is 0 Å². The van der Waals surface area contributed by atoms with Gasteiger partial charge in [0.05, 0.1) is 6.04 Å². The number of nitrogens with one attached hydrogen (secondary N) is 1. The van der Waals surface area contributed by atoms with Crippen molar-refractivity contribution < 1.29 is 0 Å². The smallest absolute Gasteiger partial charge is 0.0741 e. The van der Waals surface area contributed by atoms with E-state index in [0.29, 0.717) is 0 Å². The standard InChI is InChI=1S/C16H13BrIN3/c17-11-5-6-15(18)13(7-11)16(21-19)14-9-20-8-10-3-1-2-4-12(10)14/h1-9,16,21H,19H2. The molecule has 1 atom stereocenters. The lowest BCUT2D eigenvalue weighted by Gasteiger charge is -2.20. The van der Waals surface area contributed by atoms with Crippen LogP contribution in [-0.2, 0) is 0 Å². The third-order valence-electron chi connectivity index (χ3n) is 3.45. The van der Waals surface area contributed by atoms with E-state index in [0.717, 1.165) is 29.9 Å². The Hall–Kier alpha value is -1.02. The van der Waals surface area contributed by atoms with E-state index in [9.17, 15) is 0 Å². The fraction of sp³-hybridized carbons (Fsp3) is 0.0625. The molecule has 2 aromatic carbocycles. The Morgan fingerprint density at radius 1 is 1.10 bits per heavy atom. The summed E-state index contributed by atoms with van der Waals surface area (Å²) in [6.07, 6.45) is 3.75. The molecule has 106 valence electrons. The minimum absolute atomic E-state index is 0.104. The second-order valence-corrected chi connectivity index (χ2v) is 6.79. The Balaban J connectivity index is 2.21. The van der Waals surface area contributed by atoms with Crippen molar-refractivity contribution in [3.63, 3.8) is 0 Å². The van der Waals surface area contributed by atoms with Crippen LogP contribution >= 0.6 is 38.5 Å². The van der Waals surface area contributed by atoms with E-state index < -0.39 is 0 Å². The monoisotopic (exact) mass is 453 g/mol. The van der Waals surface area contributed by atoms with Crippen LogP contribution in [0.4, 0.5) is 0 Å². The average Bonchev–Trinajstić information content (AvgIpc) is 2.51. The maximum absolute atomic E-state index is 5.85. The van der Waals surface area contributed by atoms with E-state index in [4.69, 9.17) is 5.84 Å². The van der Waals surface area contributed by atoms with Crippen LogP contribution in [0, 0.1) is 3.57 Å². The van der Waals surface area contributed by atoms with Gasteiger partial charge in [-0.25, -0.2) is 5.43 Å². The van der Waals surface area contributed by atoms with Crippen molar-refractivity contribution in [2.24, 2.45) is 5.84 Å². The molecule has 1 aromatic heterocycles. The van der Waals surface area contributed by atoms with Crippen LogP contribution in [0.1, 0.15) is 17.2 Å². The highest BCUT2D eigenvalue weighted by molar-refractivity contribution is 14.1. The molecule has 0 spiro atoms. The van der Waals surface area contributed by atoms with Gasteiger partial charge in [-0.1, -0.05) is 40.2 Å². The zero-order valence-electron chi connectivity index (χ0n) is 11.1. The van der Waals surface area contributed by atoms with E-state index >= 15 is 0 Å². The fourth-order valence-electron chi connectivity index (χ4n) is 2.45. The summed E-state index contributed by atoms with van der Waals surface area (Å²) in [6.45, 7) is 0. The second kappa shape index (κ2) is 6.39. The van der Waals surface area contributed by atoms with E-state index in [-0.39, 0.29) is 6.04 Å². The number of halogens is 2. The maximum atomic E-state index is 5.85. The molecule has 5 heteroatoms. The van der Waals surface area contributed by atoms with Crippen LogP contribution in [0.15, 0.2) is 59.3 Å². The van der Waals surface area contributed by atoms with Crippen molar-refractivity contribution in [3.8, 4) is 0 Å². The summed E-state index contributed by atoms with van der Waals surface area (Å²) in [5, 5.41) is 2.27. The van der Waals surface area contributed by atoms with Gasteiger partial charge in [0, 0.05) is 31.4 Å². The maximum Gasteiger partial charge on any atom is 0.0741 e. The zero-order chi connectivity index (χ0) is 14.8. The Morgan fingerprint density at radius 3 is 2.71 bits per heavy atom. The molecule has 0 saturated carbocycles. The molecule has 3 N–H and O–H groups in total. The molecular formula is C16H13BrIN3. The van der Waals surface area contributed by atoms with Gasteiger partial charge in [0.2, 0.25) is 0 Å².